The van der Waals surface area contributed by atoms with Gasteiger partial charge in [-0.2, -0.15) is 0 Å². The van der Waals surface area contributed by atoms with Gasteiger partial charge in [-0.15, -0.1) is 0 Å². The highest BCUT2D eigenvalue weighted by atomic mass is 15.1. The lowest BCUT2D eigenvalue weighted by Gasteiger charge is -2.35. The summed E-state index contributed by atoms with van der Waals surface area (Å²) in [6.07, 6.45) is 5.45. The van der Waals surface area contributed by atoms with Crippen LogP contribution in [0.2, 0.25) is 0 Å². The standard InChI is InChI=1S/C12H26N2/c1-5-14(4)12-8-6-11(7-9-12)13-10(2)3/h10-13H,5-9H2,1-4H3/t11-,12-. The smallest absolute Gasteiger partial charge is 0.00932 e. The van der Waals surface area contributed by atoms with Crippen LogP contribution in [0.15, 0.2) is 0 Å². The lowest BCUT2D eigenvalue weighted by molar-refractivity contribution is 0.178. The summed E-state index contributed by atoms with van der Waals surface area (Å²) in [7, 11) is 2.25. The number of hydrogen-bond donors (Lipinski definition) is 1. The van der Waals surface area contributed by atoms with Gasteiger partial charge in [0.05, 0.1) is 0 Å². The molecule has 1 rings (SSSR count). The molecule has 84 valence electrons. The largest absolute Gasteiger partial charge is 0.312 e. The van der Waals surface area contributed by atoms with Crippen molar-refractivity contribution in [2.24, 2.45) is 0 Å². The monoisotopic (exact) mass is 198 g/mol. The summed E-state index contributed by atoms with van der Waals surface area (Å²) in [6.45, 7) is 7.92. The maximum atomic E-state index is 3.64. The van der Waals surface area contributed by atoms with Crippen LogP contribution in [0.4, 0.5) is 0 Å². The Balaban J connectivity index is 2.24. The van der Waals surface area contributed by atoms with E-state index in [0.717, 1.165) is 12.1 Å². The van der Waals surface area contributed by atoms with Gasteiger partial charge >= 0.3 is 0 Å². The van der Waals surface area contributed by atoms with E-state index in [1.54, 1.807) is 0 Å². The van der Waals surface area contributed by atoms with E-state index in [4.69, 9.17) is 0 Å². The highest BCUT2D eigenvalue weighted by molar-refractivity contribution is 4.82. The molecule has 1 fully saturated rings. The average molecular weight is 198 g/mol. The van der Waals surface area contributed by atoms with Crippen molar-refractivity contribution >= 4 is 0 Å². The van der Waals surface area contributed by atoms with Crippen molar-refractivity contribution in [1.29, 1.82) is 0 Å². The molecular formula is C12H26N2. The molecule has 1 aliphatic carbocycles. The molecule has 0 saturated heterocycles. The van der Waals surface area contributed by atoms with Crippen LogP contribution < -0.4 is 5.32 Å². The fourth-order valence-corrected chi connectivity index (χ4v) is 2.41. The molecule has 0 unspecified atom stereocenters. The van der Waals surface area contributed by atoms with Crippen LogP contribution in [0.5, 0.6) is 0 Å². The predicted molar refractivity (Wildman–Crippen MR) is 62.6 cm³/mol. The van der Waals surface area contributed by atoms with Crippen molar-refractivity contribution in [1.82, 2.24) is 10.2 Å². The van der Waals surface area contributed by atoms with E-state index in [-0.39, 0.29) is 0 Å². The van der Waals surface area contributed by atoms with Gasteiger partial charge in [0.15, 0.2) is 0 Å². The molecule has 2 heteroatoms. The summed E-state index contributed by atoms with van der Waals surface area (Å²) < 4.78 is 0. The zero-order valence-electron chi connectivity index (χ0n) is 10.2. The average Bonchev–Trinajstić information content (AvgIpc) is 2.17. The molecule has 0 radical (unpaired) electrons. The Morgan fingerprint density at radius 3 is 2.21 bits per heavy atom. The first kappa shape index (κ1) is 12.0. The van der Waals surface area contributed by atoms with Crippen molar-refractivity contribution in [2.75, 3.05) is 13.6 Å². The Kier molecular flexibility index (Phi) is 4.90. The lowest BCUT2D eigenvalue weighted by Crippen LogP contribution is -2.42. The first-order chi connectivity index (χ1) is 6.63. The summed E-state index contributed by atoms with van der Waals surface area (Å²) in [4.78, 5) is 2.49. The Labute approximate surface area is 89.1 Å². The molecule has 0 amide bonds. The fourth-order valence-electron chi connectivity index (χ4n) is 2.41. The molecule has 0 aromatic rings. The quantitative estimate of drug-likeness (QED) is 0.745. The van der Waals surface area contributed by atoms with E-state index in [9.17, 15) is 0 Å². The van der Waals surface area contributed by atoms with Gasteiger partial charge in [0.1, 0.15) is 0 Å². The molecule has 1 aliphatic rings. The Morgan fingerprint density at radius 2 is 1.79 bits per heavy atom. The van der Waals surface area contributed by atoms with Gasteiger partial charge in [-0.25, -0.2) is 0 Å². The van der Waals surface area contributed by atoms with Gasteiger partial charge in [-0.1, -0.05) is 20.8 Å². The van der Waals surface area contributed by atoms with Gasteiger partial charge in [0.2, 0.25) is 0 Å². The Hall–Kier alpha value is -0.0800. The molecule has 1 saturated carbocycles. The third-order valence-corrected chi connectivity index (χ3v) is 3.39. The van der Waals surface area contributed by atoms with Crippen LogP contribution in [-0.2, 0) is 0 Å². The first-order valence-corrected chi connectivity index (χ1v) is 6.09. The zero-order chi connectivity index (χ0) is 10.6. The van der Waals surface area contributed by atoms with Gasteiger partial charge in [0, 0.05) is 18.1 Å². The van der Waals surface area contributed by atoms with Crippen molar-refractivity contribution in [2.45, 2.75) is 64.6 Å². The minimum atomic E-state index is 0.639. The minimum Gasteiger partial charge on any atom is -0.312 e. The second kappa shape index (κ2) is 5.72. The number of nitrogens with zero attached hydrogens (tertiary/aromatic N) is 1. The minimum absolute atomic E-state index is 0.639. The molecule has 0 aliphatic heterocycles. The Bertz CT molecular complexity index is 148. The summed E-state index contributed by atoms with van der Waals surface area (Å²) in [5.74, 6) is 0. The molecule has 0 spiro atoms. The second-order valence-corrected chi connectivity index (χ2v) is 4.90. The summed E-state index contributed by atoms with van der Waals surface area (Å²) in [6, 6.07) is 2.25. The maximum absolute atomic E-state index is 3.64. The third kappa shape index (κ3) is 3.58. The molecule has 0 aromatic carbocycles. The van der Waals surface area contributed by atoms with Gasteiger partial charge in [-0.3, -0.25) is 0 Å². The van der Waals surface area contributed by atoms with Crippen LogP contribution >= 0.6 is 0 Å². The van der Waals surface area contributed by atoms with Crippen molar-refractivity contribution in [3.05, 3.63) is 0 Å². The van der Waals surface area contributed by atoms with Crippen LogP contribution in [-0.4, -0.2) is 36.6 Å². The van der Waals surface area contributed by atoms with Crippen molar-refractivity contribution in [3.8, 4) is 0 Å². The zero-order valence-corrected chi connectivity index (χ0v) is 10.2. The van der Waals surface area contributed by atoms with E-state index < -0.39 is 0 Å². The van der Waals surface area contributed by atoms with E-state index in [2.05, 4.69) is 38.0 Å². The van der Waals surface area contributed by atoms with E-state index in [1.165, 1.54) is 32.2 Å². The fraction of sp³-hybridized carbons (Fsp3) is 1.00. The first-order valence-electron chi connectivity index (χ1n) is 6.09. The highest BCUT2D eigenvalue weighted by Gasteiger charge is 2.23. The van der Waals surface area contributed by atoms with E-state index >= 15 is 0 Å². The van der Waals surface area contributed by atoms with Crippen LogP contribution in [0, 0.1) is 0 Å². The number of nitrogens with one attached hydrogen (secondary N) is 1. The molecule has 14 heavy (non-hydrogen) atoms. The summed E-state index contributed by atoms with van der Waals surface area (Å²) >= 11 is 0. The second-order valence-electron chi connectivity index (χ2n) is 4.90. The normalized spacial score (nSPS) is 28.7. The van der Waals surface area contributed by atoms with Gasteiger partial charge in [0.25, 0.3) is 0 Å². The summed E-state index contributed by atoms with van der Waals surface area (Å²) in [5, 5.41) is 3.64. The molecule has 0 heterocycles. The Morgan fingerprint density at radius 1 is 1.21 bits per heavy atom. The third-order valence-electron chi connectivity index (χ3n) is 3.39. The molecule has 0 atom stereocenters. The molecule has 0 bridgehead atoms. The highest BCUT2D eigenvalue weighted by Crippen LogP contribution is 2.22. The van der Waals surface area contributed by atoms with Crippen LogP contribution in [0.3, 0.4) is 0 Å². The maximum Gasteiger partial charge on any atom is 0.00932 e. The van der Waals surface area contributed by atoms with Crippen molar-refractivity contribution < 1.29 is 0 Å². The van der Waals surface area contributed by atoms with Gasteiger partial charge in [-0.05, 0) is 39.3 Å². The molecule has 2 nitrogen and oxygen atoms in total. The van der Waals surface area contributed by atoms with Crippen LogP contribution in [0.25, 0.3) is 0 Å². The topological polar surface area (TPSA) is 15.3 Å². The number of hydrogen-bond acceptors (Lipinski definition) is 2. The van der Waals surface area contributed by atoms with E-state index in [1.807, 2.05) is 0 Å². The summed E-state index contributed by atoms with van der Waals surface area (Å²) in [5.41, 5.74) is 0. The molecule has 1 N–H and O–H groups in total. The van der Waals surface area contributed by atoms with Crippen LogP contribution in [0.1, 0.15) is 46.5 Å². The van der Waals surface area contributed by atoms with E-state index in [0.29, 0.717) is 6.04 Å². The molecule has 0 aromatic heterocycles. The SMILES string of the molecule is CCN(C)[C@H]1CC[C@H](NC(C)C)CC1. The lowest BCUT2D eigenvalue weighted by atomic mass is 9.90. The predicted octanol–water partition coefficient (Wildman–Crippen LogP) is 2.25. The molecular weight excluding hydrogens is 172 g/mol. The number of rotatable bonds is 4. The van der Waals surface area contributed by atoms with Crippen molar-refractivity contribution in [3.63, 3.8) is 0 Å². The van der Waals surface area contributed by atoms with Gasteiger partial charge < -0.3 is 10.2 Å².